The summed E-state index contributed by atoms with van der Waals surface area (Å²) in [7, 11) is -4.57. The molecule has 3 aromatic rings. The fourth-order valence-electron chi connectivity index (χ4n) is 7.62. The molecule has 2 aliphatic carbocycles. The Balaban J connectivity index is 1.14. The van der Waals surface area contributed by atoms with E-state index in [0.29, 0.717) is 17.5 Å². The Morgan fingerprint density at radius 2 is 1.63 bits per heavy atom. The van der Waals surface area contributed by atoms with Crippen LogP contribution in [0.1, 0.15) is 80.2 Å². The minimum absolute atomic E-state index is 0.0548. The monoisotopic (exact) mass is 659 g/mol. The van der Waals surface area contributed by atoms with Gasteiger partial charge in [0, 0.05) is 23.7 Å². The van der Waals surface area contributed by atoms with Gasteiger partial charge in [-0.05, 0) is 67.0 Å². The van der Waals surface area contributed by atoms with Crippen molar-refractivity contribution in [3.8, 4) is 11.1 Å². The molecule has 13 heteroatoms. The Bertz CT molecular complexity index is 1770. The lowest BCUT2D eigenvalue weighted by molar-refractivity contribution is 0.179. The zero-order valence-corrected chi connectivity index (χ0v) is 25.9. The van der Waals surface area contributed by atoms with Crippen molar-refractivity contribution in [2.24, 2.45) is 5.92 Å². The third kappa shape index (κ3) is 5.66. The zero-order chi connectivity index (χ0) is 32.2. The molecule has 4 aliphatic rings. The Labute approximate surface area is 265 Å². The Kier molecular flexibility index (Phi) is 8.47. The number of anilines is 2. The third-order valence-corrected chi connectivity index (χ3v) is 11.4. The molecule has 2 heterocycles. The van der Waals surface area contributed by atoms with E-state index in [1.54, 1.807) is 6.07 Å². The first-order valence-corrected chi connectivity index (χ1v) is 17.5. The minimum atomic E-state index is -4.57. The molecule has 0 radical (unpaired) electrons. The van der Waals surface area contributed by atoms with Gasteiger partial charge in [0.15, 0.2) is 11.6 Å². The first kappa shape index (κ1) is 31.4. The molecule has 3 aromatic carbocycles. The number of fused-ring (bicyclic) bond motifs is 2. The fourth-order valence-corrected chi connectivity index (χ4v) is 8.99. The van der Waals surface area contributed by atoms with E-state index in [0.717, 1.165) is 30.8 Å². The summed E-state index contributed by atoms with van der Waals surface area (Å²) < 4.78 is 90.1. The summed E-state index contributed by atoms with van der Waals surface area (Å²) in [5.41, 5.74) is 5.21. The van der Waals surface area contributed by atoms with Gasteiger partial charge in [0.1, 0.15) is 11.6 Å². The van der Waals surface area contributed by atoms with E-state index in [1.807, 2.05) is 0 Å². The molecule has 1 saturated carbocycles. The lowest BCUT2D eigenvalue weighted by Crippen LogP contribution is -2.45. The van der Waals surface area contributed by atoms with Crippen LogP contribution in [-0.4, -0.2) is 32.3 Å². The Morgan fingerprint density at radius 3 is 2.41 bits per heavy atom. The quantitative estimate of drug-likeness (QED) is 0.183. The number of hydrogen-bond acceptors (Lipinski definition) is 7. The van der Waals surface area contributed by atoms with Crippen LogP contribution in [0.25, 0.3) is 11.1 Å². The maximum atomic E-state index is 16.0. The highest BCUT2D eigenvalue weighted by molar-refractivity contribution is 7.92. The van der Waals surface area contributed by atoms with E-state index >= 15 is 13.2 Å². The van der Waals surface area contributed by atoms with Gasteiger partial charge >= 0.3 is 0 Å². The summed E-state index contributed by atoms with van der Waals surface area (Å²) in [6, 6.07) is 6.45. The van der Waals surface area contributed by atoms with Gasteiger partial charge in [0.05, 0.1) is 40.1 Å². The number of aliphatic hydroxyl groups excluding tert-OH is 1. The van der Waals surface area contributed by atoms with Gasteiger partial charge in [-0.15, -0.1) is 0 Å². The summed E-state index contributed by atoms with van der Waals surface area (Å²) in [6.45, 7) is 0.793. The van der Waals surface area contributed by atoms with Crippen molar-refractivity contribution in [1.82, 2.24) is 16.1 Å². The van der Waals surface area contributed by atoms with E-state index < -0.39 is 55.5 Å². The van der Waals surface area contributed by atoms with E-state index in [2.05, 4.69) is 26.2 Å². The van der Waals surface area contributed by atoms with Crippen LogP contribution >= 0.6 is 0 Å². The number of nitrogens with one attached hydrogen (secondary N) is 5. The van der Waals surface area contributed by atoms with Crippen molar-refractivity contribution in [2.45, 2.75) is 87.0 Å². The van der Waals surface area contributed by atoms with Crippen molar-refractivity contribution < 1.29 is 31.1 Å². The van der Waals surface area contributed by atoms with Crippen LogP contribution in [0.15, 0.2) is 41.3 Å². The number of aliphatic hydroxyl groups is 1. The normalized spacial score (nSPS) is 25.1. The molecule has 246 valence electrons. The third-order valence-electron chi connectivity index (χ3n) is 9.99. The summed E-state index contributed by atoms with van der Waals surface area (Å²) in [4.78, 5) is -0.444. The summed E-state index contributed by atoms with van der Waals surface area (Å²) in [5, 5.41) is 17.3. The van der Waals surface area contributed by atoms with Crippen molar-refractivity contribution in [3.05, 3.63) is 76.4 Å². The molecule has 2 aliphatic heterocycles. The molecule has 2 fully saturated rings. The van der Waals surface area contributed by atoms with Crippen molar-refractivity contribution >= 4 is 21.4 Å². The molecular weight excluding hydrogens is 622 g/mol. The minimum Gasteiger partial charge on any atom is -0.388 e. The summed E-state index contributed by atoms with van der Waals surface area (Å²) in [5.74, 6) is -3.61. The van der Waals surface area contributed by atoms with Crippen molar-refractivity contribution in [3.63, 3.8) is 0 Å². The van der Waals surface area contributed by atoms with Crippen LogP contribution in [0.3, 0.4) is 0 Å². The predicted molar refractivity (Wildman–Crippen MR) is 166 cm³/mol. The van der Waals surface area contributed by atoms with Gasteiger partial charge < -0.3 is 10.5 Å². The lowest BCUT2D eigenvalue weighted by atomic mass is 9.86. The van der Waals surface area contributed by atoms with E-state index in [9.17, 15) is 17.9 Å². The molecule has 0 amide bonds. The topological polar surface area (TPSA) is 115 Å². The highest BCUT2D eigenvalue weighted by Crippen LogP contribution is 2.42. The summed E-state index contributed by atoms with van der Waals surface area (Å²) >= 11 is 0. The van der Waals surface area contributed by atoms with Gasteiger partial charge in [-0.1, -0.05) is 44.2 Å². The molecule has 4 atom stereocenters. The lowest BCUT2D eigenvalue weighted by Gasteiger charge is -2.27. The maximum Gasteiger partial charge on any atom is 0.262 e. The van der Waals surface area contributed by atoms with Crippen LogP contribution < -0.4 is 26.2 Å². The standard InChI is InChI=1S/C33H37F4N5O3S/c34-18-14-22-19(10-13-26(22)43)27(15-18)46(44,45)42-24-12-11-23(35)28(30(24)37)20-8-9-21-31(29(20)36)40-41-32(21)33-38-16-25(39-33)17-6-4-2-1-3-5-7-17/h8-9,11-12,14-15,17,25-26,32-33,38-43H,1-7,10,13,16H2/t25?,26-,32?,33?/m0/s1. The second-order valence-corrected chi connectivity index (χ2v) is 14.5. The number of hydrazine groups is 1. The number of sulfonamides is 1. The van der Waals surface area contributed by atoms with Gasteiger partial charge in [-0.3, -0.25) is 15.4 Å². The molecular formula is C33H37F4N5O3S. The van der Waals surface area contributed by atoms with Crippen LogP contribution in [0.4, 0.5) is 28.9 Å². The zero-order valence-electron chi connectivity index (χ0n) is 25.1. The average molecular weight is 660 g/mol. The number of benzene rings is 3. The molecule has 46 heavy (non-hydrogen) atoms. The van der Waals surface area contributed by atoms with Crippen LogP contribution in [0.5, 0.6) is 0 Å². The van der Waals surface area contributed by atoms with Gasteiger partial charge in [-0.2, -0.15) is 0 Å². The second kappa shape index (κ2) is 12.4. The average Bonchev–Trinajstić information content (AvgIpc) is 3.74. The molecule has 0 aromatic heterocycles. The van der Waals surface area contributed by atoms with Crippen LogP contribution in [0, 0.1) is 29.2 Å². The maximum absolute atomic E-state index is 16.0. The van der Waals surface area contributed by atoms with Crippen LogP contribution in [0.2, 0.25) is 0 Å². The predicted octanol–water partition coefficient (Wildman–Crippen LogP) is 5.91. The molecule has 0 bridgehead atoms. The summed E-state index contributed by atoms with van der Waals surface area (Å²) in [6.07, 6.45) is 7.80. The van der Waals surface area contributed by atoms with Gasteiger partial charge in [0.25, 0.3) is 10.0 Å². The highest BCUT2D eigenvalue weighted by atomic mass is 32.2. The molecule has 0 spiro atoms. The molecule has 7 rings (SSSR count). The highest BCUT2D eigenvalue weighted by Gasteiger charge is 2.39. The molecule has 8 nitrogen and oxygen atoms in total. The Morgan fingerprint density at radius 1 is 0.870 bits per heavy atom. The largest absolute Gasteiger partial charge is 0.388 e. The molecule has 3 unspecified atom stereocenters. The smallest absolute Gasteiger partial charge is 0.262 e. The van der Waals surface area contributed by atoms with E-state index in [1.165, 1.54) is 51.0 Å². The number of rotatable bonds is 6. The van der Waals surface area contributed by atoms with Gasteiger partial charge in [0.2, 0.25) is 0 Å². The second-order valence-electron chi connectivity index (χ2n) is 12.8. The number of hydrogen-bond donors (Lipinski definition) is 6. The van der Waals surface area contributed by atoms with E-state index in [4.69, 9.17) is 0 Å². The van der Waals surface area contributed by atoms with Gasteiger partial charge in [-0.25, -0.2) is 31.4 Å². The Hall–Kier alpha value is -3.23. The number of halogens is 4. The molecule has 6 N–H and O–H groups in total. The SMILES string of the molecule is O=S(=O)(Nc1ccc(F)c(-c2ccc3c(c2F)NNC3C2NCC(C3CCCCCCC3)N2)c1F)c1cc(F)cc2c1CC[C@@H]2O. The van der Waals surface area contributed by atoms with Crippen molar-refractivity contribution in [1.29, 1.82) is 0 Å². The van der Waals surface area contributed by atoms with Crippen molar-refractivity contribution in [2.75, 3.05) is 16.7 Å². The first-order chi connectivity index (χ1) is 22.1. The molecule has 1 saturated heterocycles. The fraction of sp³-hybridized carbons (Fsp3) is 0.455. The van der Waals surface area contributed by atoms with Crippen LogP contribution in [-0.2, 0) is 16.4 Å². The van der Waals surface area contributed by atoms with E-state index in [-0.39, 0.29) is 47.4 Å². The first-order valence-electron chi connectivity index (χ1n) is 16.0.